The maximum absolute atomic E-state index is 14.6. The molecule has 8 heteroatoms. The van der Waals surface area contributed by atoms with Gasteiger partial charge in [0.1, 0.15) is 11.3 Å². The number of amides is 2. The quantitative estimate of drug-likeness (QED) is 0.601. The van der Waals surface area contributed by atoms with Crippen molar-refractivity contribution < 1.29 is 18.7 Å². The molecule has 1 heterocycles. The second-order valence-electron chi connectivity index (χ2n) is 8.16. The number of ether oxygens (including phenoxy) is 1. The van der Waals surface area contributed by atoms with E-state index in [2.05, 4.69) is 15.7 Å². The van der Waals surface area contributed by atoms with E-state index in [0.717, 1.165) is 11.4 Å². The van der Waals surface area contributed by atoms with Gasteiger partial charge >= 0.3 is 6.09 Å². The molecule has 31 heavy (non-hydrogen) atoms. The third-order valence-corrected chi connectivity index (χ3v) is 4.24. The zero-order chi connectivity index (χ0) is 22.8. The van der Waals surface area contributed by atoms with Crippen molar-refractivity contribution in [1.29, 1.82) is 0 Å². The molecule has 7 nitrogen and oxygen atoms in total. The van der Waals surface area contributed by atoms with Gasteiger partial charge in [0.15, 0.2) is 5.82 Å². The van der Waals surface area contributed by atoms with Gasteiger partial charge in [-0.2, -0.15) is 5.10 Å². The molecule has 0 aliphatic heterocycles. The number of aromatic nitrogens is 2. The first-order valence-electron chi connectivity index (χ1n) is 9.76. The molecule has 0 unspecified atom stereocenters. The predicted octanol–water partition coefficient (Wildman–Crippen LogP) is 5.23. The summed E-state index contributed by atoms with van der Waals surface area (Å²) in [6.45, 7) is 8.99. The van der Waals surface area contributed by atoms with Crippen LogP contribution in [0.3, 0.4) is 0 Å². The lowest BCUT2D eigenvalue weighted by atomic mass is 10.2. The van der Waals surface area contributed by atoms with Crippen LogP contribution in [0.15, 0.2) is 48.5 Å². The van der Waals surface area contributed by atoms with Crippen molar-refractivity contribution >= 4 is 23.4 Å². The van der Waals surface area contributed by atoms with Crippen LogP contribution in [0.25, 0.3) is 5.69 Å². The minimum atomic E-state index is -0.607. The van der Waals surface area contributed by atoms with Crippen LogP contribution in [0.5, 0.6) is 0 Å². The van der Waals surface area contributed by atoms with Gasteiger partial charge in [0, 0.05) is 22.6 Å². The van der Waals surface area contributed by atoms with E-state index in [0.29, 0.717) is 22.6 Å². The van der Waals surface area contributed by atoms with Gasteiger partial charge in [-0.25, -0.2) is 13.9 Å². The fourth-order valence-corrected chi connectivity index (χ4v) is 2.96. The van der Waals surface area contributed by atoms with Crippen molar-refractivity contribution in [3.8, 4) is 5.69 Å². The second-order valence-corrected chi connectivity index (χ2v) is 8.16. The SMILES string of the molecule is Cc1cc(C)n(-c2ccc(NC(=O)c3ccc(NC(=O)OC(C)(C)C)cc3)cc2F)n1. The van der Waals surface area contributed by atoms with Crippen LogP contribution in [0.2, 0.25) is 0 Å². The van der Waals surface area contributed by atoms with Gasteiger partial charge in [-0.3, -0.25) is 10.1 Å². The minimum absolute atomic E-state index is 0.307. The minimum Gasteiger partial charge on any atom is -0.444 e. The molecule has 0 atom stereocenters. The smallest absolute Gasteiger partial charge is 0.412 e. The fraction of sp³-hybridized carbons (Fsp3) is 0.261. The summed E-state index contributed by atoms with van der Waals surface area (Å²) in [6.07, 6.45) is -0.581. The predicted molar refractivity (Wildman–Crippen MR) is 117 cm³/mol. The molecule has 162 valence electrons. The van der Waals surface area contributed by atoms with Crippen molar-refractivity contribution in [3.05, 3.63) is 71.3 Å². The highest BCUT2D eigenvalue weighted by atomic mass is 19.1. The Labute approximate surface area is 180 Å². The summed E-state index contributed by atoms with van der Waals surface area (Å²) in [6, 6.07) is 12.6. The molecule has 0 radical (unpaired) electrons. The van der Waals surface area contributed by atoms with Crippen molar-refractivity contribution in [3.63, 3.8) is 0 Å². The molecule has 0 aliphatic carbocycles. The lowest BCUT2D eigenvalue weighted by Gasteiger charge is -2.19. The van der Waals surface area contributed by atoms with Crippen LogP contribution < -0.4 is 10.6 Å². The van der Waals surface area contributed by atoms with Crippen molar-refractivity contribution in [2.24, 2.45) is 0 Å². The van der Waals surface area contributed by atoms with Gasteiger partial charge in [-0.15, -0.1) is 0 Å². The third kappa shape index (κ3) is 5.69. The molecule has 0 spiro atoms. The van der Waals surface area contributed by atoms with Crippen molar-refractivity contribution in [1.82, 2.24) is 9.78 Å². The standard InChI is InChI=1S/C23H25FN4O3/c1-14-12-15(2)28(27-14)20-11-10-18(13-19(20)24)25-21(29)16-6-8-17(9-7-16)26-22(30)31-23(3,4)5/h6-13H,1-5H3,(H,25,29)(H,26,30). The number of benzene rings is 2. The number of carbonyl (C=O) groups is 2. The van der Waals surface area contributed by atoms with E-state index >= 15 is 0 Å². The topological polar surface area (TPSA) is 85.2 Å². The largest absolute Gasteiger partial charge is 0.444 e. The summed E-state index contributed by atoms with van der Waals surface area (Å²) < 4.78 is 21.3. The summed E-state index contributed by atoms with van der Waals surface area (Å²) >= 11 is 0. The molecular formula is C23H25FN4O3. The Hall–Kier alpha value is -3.68. The first-order chi connectivity index (χ1) is 14.5. The molecule has 0 bridgehead atoms. The average molecular weight is 424 g/mol. The molecule has 0 saturated carbocycles. The number of hydrogen-bond acceptors (Lipinski definition) is 4. The maximum atomic E-state index is 14.6. The van der Waals surface area contributed by atoms with E-state index in [9.17, 15) is 14.0 Å². The Morgan fingerprint density at radius 1 is 0.968 bits per heavy atom. The molecule has 2 amide bonds. The zero-order valence-corrected chi connectivity index (χ0v) is 18.1. The van der Waals surface area contributed by atoms with E-state index < -0.39 is 23.4 Å². The van der Waals surface area contributed by atoms with Gasteiger partial charge in [0.25, 0.3) is 5.91 Å². The average Bonchev–Trinajstić information content (AvgIpc) is 2.98. The number of halogens is 1. The van der Waals surface area contributed by atoms with Gasteiger partial charge in [0.2, 0.25) is 0 Å². The Morgan fingerprint density at radius 2 is 1.61 bits per heavy atom. The highest BCUT2D eigenvalue weighted by Crippen LogP contribution is 2.21. The van der Waals surface area contributed by atoms with E-state index in [1.807, 2.05) is 19.9 Å². The van der Waals surface area contributed by atoms with Crippen molar-refractivity contribution in [2.75, 3.05) is 10.6 Å². The second kappa shape index (κ2) is 8.59. The maximum Gasteiger partial charge on any atom is 0.412 e. The first kappa shape index (κ1) is 22.0. The lowest BCUT2D eigenvalue weighted by molar-refractivity contribution is 0.0636. The van der Waals surface area contributed by atoms with Gasteiger partial charge in [0.05, 0.1) is 5.69 Å². The van der Waals surface area contributed by atoms with E-state index in [1.165, 1.54) is 10.7 Å². The van der Waals surface area contributed by atoms with Crippen LogP contribution >= 0.6 is 0 Å². The molecule has 2 N–H and O–H groups in total. The molecule has 0 saturated heterocycles. The van der Waals surface area contributed by atoms with Crippen molar-refractivity contribution in [2.45, 2.75) is 40.2 Å². The molecule has 1 aromatic heterocycles. The summed E-state index contributed by atoms with van der Waals surface area (Å²) in [5, 5.41) is 9.55. The fourth-order valence-electron chi connectivity index (χ4n) is 2.96. The van der Waals surface area contributed by atoms with Crippen LogP contribution in [0.1, 0.15) is 42.5 Å². The number of aryl methyl sites for hydroxylation is 2. The Morgan fingerprint density at radius 3 is 2.16 bits per heavy atom. The summed E-state index contributed by atoms with van der Waals surface area (Å²) in [7, 11) is 0. The number of anilines is 2. The highest BCUT2D eigenvalue weighted by Gasteiger charge is 2.16. The summed E-state index contributed by atoms with van der Waals surface area (Å²) in [4.78, 5) is 24.3. The zero-order valence-electron chi connectivity index (χ0n) is 18.1. The number of nitrogens with one attached hydrogen (secondary N) is 2. The molecule has 3 aromatic rings. The number of hydrogen-bond donors (Lipinski definition) is 2. The summed E-state index contributed by atoms with van der Waals surface area (Å²) in [5.41, 5.74) is 2.48. The Kier molecular flexibility index (Phi) is 6.10. The number of nitrogens with zero attached hydrogens (tertiary/aromatic N) is 2. The normalized spacial score (nSPS) is 11.2. The highest BCUT2D eigenvalue weighted by molar-refractivity contribution is 6.04. The van der Waals surface area contributed by atoms with Crippen LogP contribution in [-0.4, -0.2) is 27.4 Å². The Bertz CT molecular complexity index is 1110. The van der Waals surface area contributed by atoms with Gasteiger partial charge < -0.3 is 10.1 Å². The summed E-state index contributed by atoms with van der Waals surface area (Å²) in [5.74, 6) is -0.900. The van der Waals surface area contributed by atoms with E-state index in [-0.39, 0.29) is 0 Å². The molecular weight excluding hydrogens is 399 g/mol. The van der Waals surface area contributed by atoms with E-state index in [1.54, 1.807) is 57.2 Å². The number of carbonyl (C=O) groups excluding carboxylic acids is 2. The van der Waals surface area contributed by atoms with Crippen LogP contribution in [0.4, 0.5) is 20.6 Å². The Balaban J connectivity index is 1.67. The third-order valence-electron chi connectivity index (χ3n) is 4.24. The monoisotopic (exact) mass is 424 g/mol. The van der Waals surface area contributed by atoms with Gasteiger partial charge in [-0.05, 0) is 83.1 Å². The first-order valence-corrected chi connectivity index (χ1v) is 9.76. The van der Waals surface area contributed by atoms with Crippen LogP contribution in [-0.2, 0) is 4.74 Å². The molecule has 2 aromatic carbocycles. The van der Waals surface area contributed by atoms with Crippen LogP contribution in [0, 0.1) is 19.7 Å². The molecule has 3 rings (SSSR count). The lowest BCUT2D eigenvalue weighted by Crippen LogP contribution is -2.27. The van der Waals surface area contributed by atoms with E-state index in [4.69, 9.17) is 4.74 Å². The molecule has 0 fully saturated rings. The number of rotatable bonds is 4. The molecule has 0 aliphatic rings. The van der Waals surface area contributed by atoms with Gasteiger partial charge in [-0.1, -0.05) is 0 Å².